The zero-order valence-electron chi connectivity index (χ0n) is 12.7. The van der Waals surface area contributed by atoms with E-state index in [2.05, 4.69) is 20.5 Å². The SMILES string of the molecule is N=Cc1cncc(C(=O)Nc2cn[nH]c2-c2cc(Cl)ccc2O)c1N. The number of hydrogen-bond donors (Lipinski definition) is 5. The predicted octanol–water partition coefficient (Wildman–Crippen LogP) is 2.66. The summed E-state index contributed by atoms with van der Waals surface area (Å²) in [5.74, 6) is -0.533. The lowest BCUT2D eigenvalue weighted by Crippen LogP contribution is -2.15. The van der Waals surface area contributed by atoms with E-state index >= 15 is 0 Å². The smallest absolute Gasteiger partial charge is 0.259 e. The number of aromatic nitrogens is 3. The number of hydrogen-bond acceptors (Lipinski definition) is 6. The van der Waals surface area contributed by atoms with Crippen LogP contribution in [0.3, 0.4) is 0 Å². The predicted molar refractivity (Wildman–Crippen MR) is 95.2 cm³/mol. The fourth-order valence-electron chi connectivity index (χ4n) is 2.27. The van der Waals surface area contributed by atoms with E-state index in [4.69, 9.17) is 22.7 Å². The Labute approximate surface area is 147 Å². The topological polar surface area (TPSA) is 141 Å². The summed E-state index contributed by atoms with van der Waals surface area (Å²) < 4.78 is 0. The standard InChI is InChI=1S/C16H13ClN6O2/c17-9-1-2-13(24)10(3-9)15-12(7-21-23-15)22-16(25)11-6-20-5-8(4-18)14(11)19/h1-7,18,24H,(H2,19,20)(H,21,23)(H,22,25). The van der Waals surface area contributed by atoms with Gasteiger partial charge in [-0.1, -0.05) is 11.6 Å². The highest BCUT2D eigenvalue weighted by Crippen LogP contribution is 2.34. The van der Waals surface area contributed by atoms with Crippen LogP contribution < -0.4 is 11.1 Å². The summed E-state index contributed by atoms with van der Waals surface area (Å²) in [7, 11) is 0. The molecule has 0 fully saturated rings. The Bertz CT molecular complexity index is 969. The van der Waals surface area contributed by atoms with E-state index in [1.54, 1.807) is 12.1 Å². The van der Waals surface area contributed by atoms with Crippen molar-refractivity contribution in [1.82, 2.24) is 15.2 Å². The molecule has 1 aromatic carbocycles. The van der Waals surface area contributed by atoms with Gasteiger partial charge >= 0.3 is 0 Å². The number of anilines is 2. The maximum Gasteiger partial charge on any atom is 0.259 e. The highest BCUT2D eigenvalue weighted by molar-refractivity contribution is 6.31. The molecule has 2 aromatic heterocycles. The van der Waals surface area contributed by atoms with Gasteiger partial charge in [-0.15, -0.1) is 0 Å². The molecule has 25 heavy (non-hydrogen) atoms. The lowest BCUT2D eigenvalue weighted by atomic mass is 10.1. The third-order valence-electron chi connectivity index (χ3n) is 3.53. The largest absolute Gasteiger partial charge is 0.507 e. The number of amides is 1. The molecule has 0 spiro atoms. The first-order valence-corrected chi connectivity index (χ1v) is 7.46. The minimum atomic E-state index is -0.516. The molecule has 6 N–H and O–H groups in total. The second-order valence-corrected chi connectivity index (χ2v) is 5.55. The van der Waals surface area contributed by atoms with E-state index in [-0.39, 0.29) is 17.0 Å². The minimum Gasteiger partial charge on any atom is -0.507 e. The Morgan fingerprint density at radius 3 is 2.92 bits per heavy atom. The fraction of sp³-hybridized carbons (Fsp3) is 0. The normalized spacial score (nSPS) is 10.4. The molecule has 0 unspecified atom stereocenters. The average Bonchev–Trinajstić information content (AvgIpc) is 3.05. The summed E-state index contributed by atoms with van der Waals surface area (Å²) in [5, 5.41) is 27.0. The van der Waals surface area contributed by atoms with Crippen molar-refractivity contribution in [1.29, 1.82) is 5.41 Å². The van der Waals surface area contributed by atoms with Crippen LogP contribution in [-0.2, 0) is 0 Å². The number of carbonyl (C=O) groups excluding carboxylic acids is 1. The maximum absolute atomic E-state index is 12.5. The zero-order chi connectivity index (χ0) is 18.0. The third kappa shape index (κ3) is 3.15. The van der Waals surface area contributed by atoms with Crippen molar-refractivity contribution in [2.24, 2.45) is 0 Å². The number of halogens is 1. The minimum absolute atomic E-state index is 0.0175. The van der Waals surface area contributed by atoms with Crippen LogP contribution >= 0.6 is 11.6 Å². The van der Waals surface area contributed by atoms with Gasteiger partial charge in [0.2, 0.25) is 0 Å². The van der Waals surface area contributed by atoms with E-state index in [1.807, 2.05) is 0 Å². The number of aromatic hydroxyl groups is 1. The van der Waals surface area contributed by atoms with Gasteiger partial charge in [0.1, 0.15) is 5.75 Å². The monoisotopic (exact) mass is 356 g/mol. The van der Waals surface area contributed by atoms with Crippen LogP contribution in [0.2, 0.25) is 5.02 Å². The number of pyridine rings is 1. The Balaban J connectivity index is 1.95. The molecule has 126 valence electrons. The molecular weight excluding hydrogens is 344 g/mol. The second-order valence-electron chi connectivity index (χ2n) is 5.11. The number of nitrogens with two attached hydrogens (primary N) is 1. The highest BCUT2D eigenvalue weighted by atomic mass is 35.5. The average molecular weight is 357 g/mol. The van der Waals surface area contributed by atoms with Crippen molar-refractivity contribution in [3.63, 3.8) is 0 Å². The van der Waals surface area contributed by atoms with Crippen LogP contribution in [0.4, 0.5) is 11.4 Å². The number of H-pyrrole nitrogens is 1. The lowest BCUT2D eigenvalue weighted by molar-refractivity contribution is 0.102. The van der Waals surface area contributed by atoms with Crippen molar-refractivity contribution < 1.29 is 9.90 Å². The molecule has 1 amide bonds. The summed E-state index contributed by atoms with van der Waals surface area (Å²) in [6.07, 6.45) is 5.13. The highest BCUT2D eigenvalue weighted by Gasteiger charge is 2.18. The first kappa shape index (κ1) is 16.5. The Morgan fingerprint density at radius 2 is 2.16 bits per heavy atom. The number of phenols is 1. The summed E-state index contributed by atoms with van der Waals surface area (Å²) >= 11 is 5.96. The van der Waals surface area contributed by atoms with Crippen LogP contribution in [-0.4, -0.2) is 32.4 Å². The van der Waals surface area contributed by atoms with E-state index in [9.17, 15) is 9.90 Å². The second kappa shape index (κ2) is 6.62. The lowest BCUT2D eigenvalue weighted by Gasteiger charge is -2.10. The van der Waals surface area contributed by atoms with Gasteiger partial charge in [-0.25, -0.2) is 0 Å². The number of nitrogen functional groups attached to an aromatic ring is 1. The molecule has 3 aromatic rings. The number of nitrogens with zero attached hydrogens (tertiary/aromatic N) is 2. The molecule has 0 saturated carbocycles. The van der Waals surface area contributed by atoms with Gasteiger partial charge < -0.3 is 21.6 Å². The van der Waals surface area contributed by atoms with Gasteiger partial charge in [0.15, 0.2) is 0 Å². The van der Waals surface area contributed by atoms with Gasteiger partial charge in [0.05, 0.1) is 28.8 Å². The maximum atomic E-state index is 12.5. The van der Waals surface area contributed by atoms with Gasteiger partial charge in [0.25, 0.3) is 5.91 Å². The summed E-state index contributed by atoms with van der Waals surface area (Å²) in [4.78, 5) is 16.4. The Morgan fingerprint density at radius 1 is 1.36 bits per heavy atom. The molecular formula is C16H13ClN6O2. The first-order valence-electron chi connectivity index (χ1n) is 7.09. The van der Waals surface area contributed by atoms with E-state index in [0.717, 1.165) is 6.21 Å². The molecule has 0 aliphatic carbocycles. The van der Waals surface area contributed by atoms with Crippen molar-refractivity contribution in [3.8, 4) is 17.0 Å². The number of aromatic amines is 1. The first-order chi connectivity index (χ1) is 12.0. The molecule has 0 radical (unpaired) electrons. The van der Waals surface area contributed by atoms with Crippen molar-refractivity contribution >= 4 is 35.1 Å². The Hall–Kier alpha value is -3.39. The molecule has 0 bridgehead atoms. The van der Waals surface area contributed by atoms with Crippen LogP contribution in [0.15, 0.2) is 36.8 Å². The molecule has 2 heterocycles. The molecule has 8 nitrogen and oxygen atoms in total. The van der Waals surface area contributed by atoms with Gasteiger partial charge in [-0.05, 0) is 18.2 Å². The molecule has 0 aliphatic rings. The van der Waals surface area contributed by atoms with Crippen molar-refractivity contribution in [3.05, 3.63) is 52.9 Å². The van der Waals surface area contributed by atoms with Crippen LogP contribution in [0, 0.1) is 5.41 Å². The number of nitrogens with one attached hydrogen (secondary N) is 3. The van der Waals surface area contributed by atoms with E-state index in [0.29, 0.717) is 27.5 Å². The molecule has 0 saturated heterocycles. The van der Waals surface area contributed by atoms with Crippen LogP contribution in [0.5, 0.6) is 5.75 Å². The van der Waals surface area contributed by atoms with Gasteiger partial charge in [-0.3, -0.25) is 14.9 Å². The molecule has 0 atom stereocenters. The van der Waals surface area contributed by atoms with E-state index < -0.39 is 5.91 Å². The number of carbonyl (C=O) groups is 1. The molecule has 0 aliphatic heterocycles. The quantitative estimate of drug-likeness (QED) is 0.457. The van der Waals surface area contributed by atoms with Gasteiger partial charge in [0, 0.05) is 34.8 Å². The zero-order valence-corrected chi connectivity index (χ0v) is 13.5. The van der Waals surface area contributed by atoms with Gasteiger partial charge in [-0.2, -0.15) is 5.10 Å². The Kier molecular flexibility index (Phi) is 4.36. The van der Waals surface area contributed by atoms with Crippen LogP contribution in [0.1, 0.15) is 15.9 Å². The summed E-state index contributed by atoms with van der Waals surface area (Å²) in [5.41, 5.74) is 7.62. The molecule has 9 heteroatoms. The van der Waals surface area contributed by atoms with Crippen LogP contribution in [0.25, 0.3) is 11.3 Å². The van der Waals surface area contributed by atoms with Crippen molar-refractivity contribution in [2.75, 3.05) is 11.1 Å². The number of phenolic OH excluding ortho intramolecular Hbond substituents is 1. The third-order valence-corrected chi connectivity index (χ3v) is 3.77. The van der Waals surface area contributed by atoms with Crippen molar-refractivity contribution in [2.45, 2.75) is 0 Å². The summed E-state index contributed by atoms with van der Waals surface area (Å²) in [6.45, 7) is 0. The van der Waals surface area contributed by atoms with E-state index in [1.165, 1.54) is 24.7 Å². The number of rotatable bonds is 4. The fourth-order valence-corrected chi connectivity index (χ4v) is 2.44. The molecule has 3 rings (SSSR count). The summed E-state index contributed by atoms with van der Waals surface area (Å²) in [6, 6.07) is 4.54. The number of benzene rings is 1.